The van der Waals surface area contributed by atoms with Crippen molar-refractivity contribution < 1.29 is 9.74 Å². The fraction of sp³-hybridized carbons (Fsp3) is 0.111. The highest BCUT2D eigenvalue weighted by Gasteiger charge is 2.14. The number of phenols is 1. The summed E-state index contributed by atoms with van der Waals surface area (Å²) in [6.45, 7) is 3.91. The Morgan fingerprint density at radius 3 is 2.15 bits per heavy atom. The maximum absolute atomic E-state index is 9.59. The molecule has 0 saturated carbocycles. The van der Waals surface area contributed by atoms with E-state index in [1.807, 2.05) is 38.1 Å². The van der Waals surface area contributed by atoms with Crippen LogP contribution < -0.4 is 10.6 Å². The number of aryl methyl sites for hydroxylation is 2. The molecule has 8 heteroatoms. The second-order valence-corrected chi connectivity index (χ2v) is 5.95. The lowest BCUT2D eigenvalue weighted by atomic mass is 10.2. The summed E-state index contributed by atoms with van der Waals surface area (Å²) < 4.78 is 4.72. The summed E-state index contributed by atoms with van der Waals surface area (Å²) in [5.41, 5.74) is 4.30. The van der Waals surface area contributed by atoms with Gasteiger partial charge in [-0.25, -0.2) is 14.6 Å². The van der Waals surface area contributed by atoms with E-state index in [0.29, 0.717) is 22.9 Å². The molecule has 0 aliphatic rings. The molecule has 0 radical (unpaired) electrons. The minimum atomic E-state index is 0.202. The van der Waals surface area contributed by atoms with Crippen LogP contribution in [0.15, 0.2) is 47.1 Å². The number of aromatic nitrogens is 4. The van der Waals surface area contributed by atoms with Crippen LogP contribution in [0.1, 0.15) is 11.1 Å². The maximum atomic E-state index is 9.59. The molecule has 0 amide bonds. The fourth-order valence-corrected chi connectivity index (χ4v) is 2.50. The summed E-state index contributed by atoms with van der Waals surface area (Å²) in [6.07, 6.45) is 0. The van der Waals surface area contributed by atoms with Crippen molar-refractivity contribution in [2.45, 2.75) is 13.8 Å². The molecule has 0 spiro atoms. The predicted octanol–water partition coefficient (Wildman–Crippen LogP) is 3.82. The Morgan fingerprint density at radius 1 is 0.846 bits per heavy atom. The van der Waals surface area contributed by atoms with Crippen LogP contribution in [-0.4, -0.2) is 25.4 Å². The van der Waals surface area contributed by atoms with Gasteiger partial charge in [0.1, 0.15) is 5.75 Å². The van der Waals surface area contributed by atoms with Gasteiger partial charge in [0.15, 0.2) is 11.6 Å². The molecule has 0 aliphatic heterocycles. The zero-order chi connectivity index (χ0) is 18.1. The van der Waals surface area contributed by atoms with Crippen LogP contribution in [0, 0.1) is 13.8 Å². The molecule has 2 heterocycles. The molecule has 4 aromatic rings. The zero-order valence-electron chi connectivity index (χ0n) is 14.2. The highest BCUT2D eigenvalue weighted by Crippen LogP contribution is 2.29. The van der Waals surface area contributed by atoms with Crippen molar-refractivity contribution in [2.24, 2.45) is 0 Å². The van der Waals surface area contributed by atoms with E-state index in [1.165, 1.54) is 0 Å². The molecule has 0 unspecified atom stereocenters. The average Bonchev–Trinajstić information content (AvgIpc) is 3.06. The van der Waals surface area contributed by atoms with Crippen molar-refractivity contribution in [1.82, 2.24) is 20.3 Å². The summed E-state index contributed by atoms with van der Waals surface area (Å²) in [5, 5.41) is 23.6. The monoisotopic (exact) mass is 348 g/mol. The van der Waals surface area contributed by atoms with Crippen LogP contribution in [-0.2, 0) is 0 Å². The van der Waals surface area contributed by atoms with Crippen molar-refractivity contribution >= 4 is 34.3 Å². The Morgan fingerprint density at radius 2 is 1.50 bits per heavy atom. The smallest absolute Gasteiger partial charge is 0.245 e. The van der Waals surface area contributed by atoms with Gasteiger partial charge in [-0.05, 0) is 60.1 Å². The molecular formula is C18H16N6O2. The summed E-state index contributed by atoms with van der Waals surface area (Å²) in [5.74, 6) is 1.17. The van der Waals surface area contributed by atoms with E-state index in [4.69, 9.17) is 4.63 Å². The van der Waals surface area contributed by atoms with Crippen LogP contribution in [0.2, 0.25) is 0 Å². The first-order valence-electron chi connectivity index (χ1n) is 7.99. The molecule has 26 heavy (non-hydrogen) atoms. The third-order valence-corrected chi connectivity index (χ3v) is 3.89. The van der Waals surface area contributed by atoms with Gasteiger partial charge in [-0.15, -0.1) is 0 Å². The Hall–Kier alpha value is -3.68. The summed E-state index contributed by atoms with van der Waals surface area (Å²) in [6, 6.07) is 13.0. The standard InChI is InChI=1S/C18H16N6O2/c1-10-3-5-12(6-4-10)19-15-16(22-18-17(21-15)23-26-24-18)20-14-8-7-13(25)9-11(14)2/h3-9,25H,1-2H3,(H,19,21,23)(H,20,22,24). The second kappa shape index (κ2) is 6.32. The lowest BCUT2D eigenvalue weighted by Gasteiger charge is -2.13. The first-order chi connectivity index (χ1) is 12.6. The molecule has 2 aromatic heterocycles. The van der Waals surface area contributed by atoms with Gasteiger partial charge in [-0.3, -0.25) is 0 Å². The first-order valence-corrected chi connectivity index (χ1v) is 7.99. The van der Waals surface area contributed by atoms with Crippen molar-refractivity contribution in [1.29, 1.82) is 0 Å². The number of hydrogen-bond donors (Lipinski definition) is 3. The van der Waals surface area contributed by atoms with Crippen molar-refractivity contribution in [3.63, 3.8) is 0 Å². The van der Waals surface area contributed by atoms with Gasteiger partial charge < -0.3 is 15.7 Å². The maximum Gasteiger partial charge on any atom is 0.245 e. The van der Waals surface area contributed by atoms with Crippen LogP contribution >= 0.6 is 0 Å². The number of hydrogen-bond acceptors (Lipinski definition) is 8. The van der Waals surface area contributed by atoms with Crippen molar-refractivity contribution in [2.75, 3.05) is 10.6 Å². The summed E-state index contributed by atoms with van der Waals surface area (Å²) in [7, 11) is 0. The van der Waals surface area contributed by atoms with Gasteiger partial charge in [0.05, 0.1) is 0 Å². The molecule has 8 nitrogen and oxygen atoms in total. The van der Waals surface area contributed by atoms with Crippen LogP contribution in [0.4, 0.5) is 23.0 Å². The minimum absolute atomic E-state index is 0.202. The largest absolute Gasteiger partial charge is 0.508 e. The van der Waals surface area contributed by atoms with Gasteiger partial charge in [-0.2, -0.15) is 0 Å². The van der Waals surface area contributed by atoms with E-state index in [0.717, 1.165) is 22.5 Å². The zero-order valence-corrected chi connectivity index (χ0v) is 14.2. The van der Waals surface area contributed by atoms with Crippen molar-refractivity contribution in [3.05, 3.63) is 53.6 Å². The average molecular weight is 348 g/mol. The lowest BCUT2D eigenvalue weighted by Crippen LogP contribution is -2.04. The van der Waals surface area contributed by atoms with E-state index in [-0.39, 0.29) is 5.75 Å². The lowest BCUT2D eigenvalue weighted by molar-refractivity contribution is 0.314. The highest BCUT2D eigenvalue weighted by atomic mass is 16.6. The van der Waals surface area contributed by atoms with E-state index in [2.05, 4.69) is 30.9 Å². The third kappa shape index (κ3) is 3.12. The minimum Gasteiger partial charge on any atom is -0.508 e. The Labute approximate surface area is 148 Å². The van der Waals surface area contributed by atoms with Crippen LogP contribution in [0.25, 0.3) is 11.3 Å². The van der Waals surface area contributed by atoms with Gasteiger partial charge >= 0.3 is 0 Å². The Bertz CT molecular complexity index is 1070. The van der Waals surface area contributed by atoms with E-state index < -0.39 is 0 Å². The third-order valence-electron chi connectivity index (χ3n) is 3.89. The topological polar surface area (TPSA) is 109 Å². The van der Waals surface area contributed by atoms with Crippen LogP contribution in [0.3, 0.4) is 0 Å². The van der Waals surface area contributed by atoms with Crippen molar-refractivity contribution in [3.8, 4) is 5.75 Å². The molecule has 0 aliphatic carbocycles. The molecule has 4 rings (SSSR count). The molecule has 0 fully saturated rings. The number of phenolic OH excluding ortho intramolecular Hbond substituents is 1. The molecule has 0 bridgehead atoms. The molecule has 130 valence electrons. The molecule has 0 atom stereocenters. The van der Waals surface area contributed by atoms with Gasteiger partial charge in [0.25, 0.3) is 0 Å². The highest BCUT2D eigenvalue weighted by molar-refractivity contribution is 5.79. The molecular weight excluding hydrogens is 332 g/mol. The second-order valence-electron chi connectivity index (χ2n) is 5.95. The first kappa shape index (κ1) is 15.8. The SMILES string of the molecule is Cc1ccc(Nc2nc3nonc3nc2Nc2ccc(O)cc2C)cc1. The van der Waals surface area contributed by atoms with E-state index in [1.54, 1.807) is 18.2 Å². The number of fused-ring (bicyclic) bond motifs is 1. The fourth-order valence-electron chi connectivity index (χ4n) is 2.50. The number of nitrogens with one attached hydrogen (secondary N) is 2. The number of aromatic hydroxyl groups is 1. The number of benzene rings is 2. The molecule has 3 N–H and O–H groups in total. The van der Waals surface area contributed by atoms with E-state index in [9.17, 15) is 5.11 Å². The summed E-state index contributed by atoms with van der Waals surface area (Å²) >= 11 is 0. The number of nitrogens with zero attached hydrogens (tertiary/aromatic N) is 4. The van der Waals surface area contributed by atoms with Gasteiger partial charge in [0.2, 0.25) is 11.3 Å². The van der Waals surface area contributed by atoms with E-state index >= 15 is 0 Å². The van der Waals surface area contributed by atoms with Gasteiger partial charge in [-0.1, -0.05) is 17.7 Å². The Kier molecular flexibility index (Phi) is 3.85. The normalized spacial score (nSPS) is 10.8. The molecule has 0 saturated heterocycles. The molecule has 2 aromatic carbocycles. The van der Waals surface area contributed by atoms with Gasteiger partial charge in [0, 0.05) is 11.4 Å². The van der Waals surface area contributed by atoms with Crippen LogP contribution in [0.5, 0.6) is 5.75 Å². The predicted molar refractivity (Wildman–Crippen MR) is 98.0 cm³/mol. The number of anilines is 4. The summed E-state index contributed by atoms with van der Waals surface area (Å²) in [4.78, 5) is 8.89. The quantitative estimate of drug-likeness (QED) is 0.478. The number of rotatable bonds is 4. The Balaban J connectivity index is 1.75.